The number of halogens is 1. The summed E-state index contributed by atoms with van der Waals surface area (Å²) in [6.45, 7) is 0.961. The summed E-state index contributed by atoms with van der Waals surface area (Å²) in [7, 11) is 1.88. The van der Waals surface area contributed by atoms with Crippen molar-refractivity contribution >= 4 is 5.65 Å². The molecule has 10 heteroatoms. The van der Waals surface area contributed by atoms with Crippen LogP contribution in [-0.2, 0) is 13.1 Å². The van der Waals surface area contributed by atoms with Crippen LogP contribution in [0.25, 0.3) is 17.0 Å². The van der Waals surface area contributed by atoms with Gasteiger partial charge in [0.05, 0.1) is 11.3 Å². The quantitative estimate of drug-likeness (QED) is 0.553. The summed E-state index contributed by atoms with van der Waals surface area (Å²) in [6, 6.07) is 7.89. The van der Waals surface area contributed by atoms with Crippen molar-refractivity contribution in [2.75, 3.05) is 7.05 Å². The van der Waals surface area contributed by atoms with E-state index in [0.717, 1.165) is 5.56 Å². The molecule has 0 fully saturated rings. The van der Waals surface area contributed by atoms with E-state index < -0.39 is 0 Å². The second-order valence-corrected chi connectivity index (χ2v) is 5.97. The SMILES string of the molecule is CN(Cc1cccc(F)c1)Cc1cc(=O)n2[nH]cc(-c3nn[nH]n3)c2n1. The Bertz CT molecular complexity index is 1100. The number of fused-ring (bicyclic) bond motifs is 1. The van der Waals surface area contributed by atoms with Gasteiger partial charge >= 0.3 is 0 Å². The molecule has 0 bridgehead atoms. The molecule has 2 N–H and O–H groups in total. The zero-order chi connectivity index (χ0) is 18.1. The normalized spacial score (nSPS) is 11.5. The third-order valence-corrected chi connectivity index (χ3v) is 3.91. The van der Waals surface area contributed by atoms with Gasteiger partial charge in [0.15, 0.2) is 5.65 Å². The molecule has 132 valence electrons. The minimum absolute atomic E-state index is 0.237. The average molecular weight is 354 g/mol. The van der Waals surface area contributed by atoms with Crippen LogP contribution in [-0.4, -0.2) is 47.2 Å². The smallest absolute Gasteiger partial charge is 0.272 e. The number of aromatic nitrogens is 7. The van der Waals surface area contributed by atoms with E-state index in [0.29, 0.717) is 35.8 Å². The number of aromatic amines is 2. The summed E-state index contributed by atoms with van der Waals surface area (Å²) in [5.41, 5.74) is 2.20. The van der Waals surface area contributed by atoms with Crippen molar-refractivity contribution in [2.45, 2.75) is 13.1 Å². The Morgan fingerprint density at radius 2 is 2.15 bits per heavy atom. The molecule has 0 aliphatic heterocycles. The van der Waals surface area contributed by atoms with Gasteiger partial charge in [-0.25, -0.2) is 13.9 Å². The number of nitrogens with one attached hydrogen (secondary N) is 2. The lowest BCUT2D eigenvalue weighted by Gasteiger charge is -2.16. The number of hydrogen-bond donors (Lipinski definition) is 2. The zero-order valence-electron chi connectivity index (χ0n) is 13.8. The molecule has 4 rings (SSSR count). The minimum Gasteiger partial charge on any atom is -0.296 e. The Kier molecular flexibility index (Phi) is 4.01. The number of benzene rings is 1. The molecule has 0 atom stereocenters. The molecule has 26 heavy (non-hydrogen) atoms. The number of hydrogen-bond acceptors (Lipinski definition) is 6. The average Bonchev–Trinajstić information content (AvgIpc) is 3.23. The first-order valence-electron chi connectivity index (χ1n) is 7.87. The van der Waals surface area contributed by atoms with Crippen LogP contribution in [0.1, 0.15) is 11.3 Å². The van der Waals surface area contributed by atoms with Gasteiger partial charge in [-0.1, -0.05) is 12.1 Å². The standard InChI is InChI=1S/C16H15FN8O/c1-24(8-10-3-2-4-11(17)5-10)9-12-6-14(26)25-16(19-12)13(7-18-25)15-20-22-23-21-15/h2-7,18H,8-9H2,1H3,(H,20,21,22,23). The van der Waals surface area contributed by atoms with Gasteiger partial charge < -0.3 is 0 Å². The summed E-state index contributed by atoms with van der Waals surface area (Å²) in [6.07, 6.45) is 1.61. The molecule has 0 aliphatic rings. The van der Waals surface area contributed by atoms with Gasteiger partial charge in [-0.2, -0.15) is 5.21 Å². The van der Waals surface area contributed by atoms with Gasteiger partial charge in [-0.05, 0) is 30.0 Å². The van der Waals surface area contributed by atoms with E-state index in [9.17, 15) is 9.18 Å². The maximum absolute atomic E-state index is 13.3. The van der Waals surface area contributed by atoms with E-state index >= 15 is 0 Å². The molecule has 3 aromatic heterocycles. The predicted molar refractivity (Wildman–Crippen MR) is 90.6 cm³/mol. The molecule has 0 radical (unpaired) electrons. The van der Waals surface area contributed by atoms with Gasteiger partial charge in [-0.3, -0.25) is 14.8 Å². The lowest BCUT2D eigenvalue weighted by atomic mass is 10.2. The number of H-pyrrole nitrogens is 2. The lowest BCUT2D eigenvalue weighted by molar-refractivity contribution is 0.314. The first kappa shape index (κ1) is 16.1. The summed E-state index contributed by atoms with van der Waals surface area (Å²) in [5.74, 6) is 0.0756. The molecule has 0 aliphatic carbocycles. The van der Waals surface area contributed by atoms with E-state index in [1.165, 1.54) is 22.7 Å². The van der Waals surface area contributed by atoms with Crippen molar-refractivity contribution in [3.8, 4) is 11.4 Å². The van der Waals surface area contributed by atoms with Crippen LogP contribution < -0.4 is 5.56 Å². The van der Waals surface area contributed by atoms with Crippen LogP contribution in [0.15, 0.2) is 41.3 Å². The van der Waals surface area contributed by atoms with Crippen molar-refractivity contribution in [1.82, 2.24) is 40.1 Å². The molecular weight excluding hydrogens is 339 g/mol. The van der Waals surface area contributed by atoms with Crippen LogP contribution in [0.3, 0.4) is 0 Å². The molecular formula is C16H15FN8O. The van der Waals surface area contributed by atoms with Crippen LogP contribution >= 0.6 is 0 Å². The molecule has 0 saturated carbocycles. The van der Waals surface area contributed by atoms with Crippen molar-refractivity contribution in [3.63, 3.8) is 0 Å². The largest absolute Gasteiger partial charge is 0.296 e. The Hall–Kier alpha value is -3.40. The van der Waals surface area contributed by atoms with Crippen LogP contribution in [0.2, 0.25) is 0 Å². The monoisotopic (exact) mass is 354 g/mol. The van der Waals surface area contributed by atoms with Crippen LogP contribution in [0.5, 0.6) is 0 Å². The zero-order valence-corrected chi connectivity index (χ0v) is 13.8. The van der Waals surface area contributed by atoms with Gasteiger partial charge in [0.2, 0.25) is 5.82 Å². The summed E-state index contributed by atoms with van der Waals surface area (Å²) < 4.78 is 14.6. The van der Waals surface area contributed by atoms with Crippen molar-refractivity contribution in [1.29, 1.82) is 0 Å². The molecule has 0 spiro atoms. The highest BCUT2D eigenvalue weighted by atomic mass is 19.1. The number of nitrogens with zero attached hydrogens (tertiary/aromatic N) is 6. The van der Waals surface area contributed by atoms with Gasteiger partial charge in [-0.15, -0.1) is 10.2 Å². The molecule has 4 aromatic rings. The first-order chi connectivity index (χ1) is 12.6. The highest BCUT2D eigenvalue weighted by Crippen LogP contribution is 2.17. The number of tetrazole rings is 1. The maximum atomic E-state index is 13.3. The molecule has 3 heterocycles. The second kappa shape index (κ2) is 6.48. The van der Waals surface area contributed by atoms with E-state index in [-0.39, 0.29) is 11.4 Å². The van der Waals surface area contributed by atoms with Crippen LogP contribution in [0.4, 0.5) is 4.39 Å². The fourth-order valence-corrected chi connectivity index (χ4v) is 2.83. The summed E-state index contributed by atoms with van der Waals surface area (Å²) in [4.78, 5) is 18.8. The van der Waals surface area contributed by atoms with E-state index in [2.05, 4.69) is 30.7 Å². The lowest BCUT2D eigenvalue weighted by Crippen LogP contribution is -2.22. The molecule has 0 amide bonds. The maximum Gasteiger partial charge on any atom is 0.272 e. The van der Waals surface area contributed by atoms with Crippen molar-refractivity contribution < 1.29 is 4.39 Å². The Labute approximate surface area is 146 Å². The molecule has 1 aromatic carbocycles. The van der Waals surface area contributed by atoms with Gasteiger partial charge in [0, 0.05) is 25.4 Å². The minimum atomic E-state index is -0.272. The van der Waals surface area contributed by atoms with E-state index in [1.54, 1.807) is 12.3 Å². The number of rotatable bonds is 5. The molecule has 9 nitrogen and oxygen atoms in total. The van der Waals surface area contributed by atoms with Crippen molar-refractivity contribution in [3.05, 3.63) is 64.0 Å². The first-order valence-corrected chi connectivity index (χ1v) is 7.87. The summed E-state index contributed by atoms with van der Waals surface area (Å²) in [5, 5.41) is 16.6. The Morgan fingerprint density at radius 1 is 1.27 bits per heavy atom. The molecule has 0 saturated heterocycles. The topological polar surface area (TPSA) is 108 Å². The van der Waals surface area contributed by atoms with E-state index in [4.69, 9.17) is 0 Å². The molecule has 0 unspecified atom stereocenters. The predicted octanol–water partition coefficient (Wildman–Crippen LogP) is 0.974. The van der Waals surface area contributed by atoms with Gasteiger partial charge in [0.1, 0.15) is 5.82 Å². The van der Waals surface area contributed by atoms with Crippen molar-refractivity contribution in [2.24, 2.45) is 0 Å². The highest BCUT2D eigenvalue weighted by Gasteiger charge is 2.14. The Morgan fingerprint density at radius 3 is 2.92 bits per heavy atom. The third kappa shape index (κ3) is 3.09. The Balaban J connectivity index is 1.62. The highest BCUT2D eigenvalue weighted by molar-refractivity contribution is 5.71. The van der Waals surface area contributed by atoms with Crippen LogP contribution in [0, 0.1) is 5.82 Å². The summed E-state index contributed by atoms with van der Waals surface area (Å²) >= 11 is 0. The fourth-order valence-electron chi connectivity index (χ4n) is 2.83. The van der Waals surface area contributed by atoms with E-state index in [1.807, 2.05) is 18.0 Å². The fraction of sp³-hybridized carbons (Fsp3) is 0.188. The second-order valence-electron chi connectivity index (χ2n) is 5.97. The third-order valence-electron chi connectivity index (χ3n) is 3.91. The van der Waals surface area contributed by atoms with Gasteiger partial charge in [0.25, 0.3) is 5.56 Å².